The van der Waals surface area contributed by atoms with E-state index in [1.165, 1.54) is 0 Å². The van der Waals surface area contributed by atoms with Gasteiger partial charge in [0.1, 0.15) is 0 Å². The van der Waals surface area contributed by atoms with Crippen molar-refractivity contribution in [2.45, 2.75) is 40.0 Å². The SMILES string of the molecule is CCC(C)c1nc(C)cnc1C. The Morgan fingerprint density at radius 1 is 1.42 bits per heavy atom. The lowest BCUT2D eigenvalue weighted by Gasteiger charge is -2.10. The van der Waals surface area contributed by atoms with Crippen LogP contribution in [0.3, 0.4) is 0 Å². The molecule has 0 amide bonds. The summed E-state index contributed by atoms with van der Waals surface area (Å²) in [4.78, 5) is 8.77. The van der Waals surface area contributed by atoms with Gasteiger partial charge in [0, 0.05) is 6.20 Å². The van der Waals surface area contributed by atoms with Gasteiger partial charge in [-0.2, -0.15) is 0 Å². The Kier molecular flexibility index (Phi) is 2.79. The molecule has 1 rings (SSSR count). The molecule has 0 aliphatic rings. The van der Waals surface area contributed by atoms with Gasteiger partial charge in [-0.1, -0.05) is 13.8 Å². The average molecular weight is 164 g/mol. The average Bonchev–Trinajstić information content (AvgIpc) is 2.08. The number of nitrogens with zero attached hydrogens (tertiary/aromatic N) is 2. The lowest BCUT2D eigenvalue weighted by Crippen LogP contribution is -2.02. The highest BCUT2D eigenvalue weighted by Gasteiger charge is 2.08. The van der Waals surface area contributed by atoms with Crippen molar-refractivity contribution in [1.29, 1.82) is 0 Å². The molecule has 12 heavy (non-hydrogen) atoms. The molecule has 2 nitrogen and oxygen atoms in total. The van der Waals surface area contributed by atoms with Gasteiger partial charge in [-0.15, -0.1) is 0 Å². The van der Waals surface area contributed by atoms with E-state index < -0.39 is 0 Å². The first kappa shape index (κ1) is 9.17. The normalized spacial score (nSPS) is 13.0. The highest BCUT2D eigenvalue weighted by Crippen LogP contribution is 2.18. The molecule has 66 valence electrons. The van der Waals surface area contributed by atoms with E-state index in [-0.39, 0.29) is 0 Å². The van der Waals surface area contributed by atoms with Gasteiger partial charge in [-0.3, -0.25) is 9.97 Å². The summed E-state index contributed by atoms with van der Waals surface area (Å²) in [6.07, 6.45) is 2.94. The second kappa shape index (κ2) is 3.65. The lowest BCUT2D eigenvalue weighted by molar-refractivity contribution is 0.690. The summed E-state index contributed by atoms with van der Waals surface area (Å²) in [5, 5.41) is 0. The van der Waals surface area contributed by atoms with E-state index in [1.807, 2.05) is 20.0 Å². The molecular formula is C10H16N2. The smallest absolute Gasteiger partial charge is 0.0647 e. The lowest BCUT2D eigenvalue weighted by atomic mass is 10.0. The fourth-order valence-electron chi connectivity index (χ4n) is 1.22. The van der Waals surface area contributed by atoms with Crippen LogP contribution in [0.4, 0.5) is 0 Å². The van der Waals surface area contributed by atoms with Crippen molar-refractivity contribution in [1.82, 2.24) is 9.97 Å². The Balaban J connectivity index is 3.04. The summed E-state index contributed by atoms with van der Waals surface area (Å²) in [6.45, 7) is 8.37. The molecule has 0 saturated carbocycles. The standard InChI is InChI=1S/C10H16N2/c1-5-7(2)10-9(4)11-6-8(3)12-10/h6-7H,5H2,1-4H3. The highest BCUT2D eigenvalue weighted by molar-refractivity contribution is 5.15. The summed E-state index contributed by atoms with van der Waals surface area (Å²) in [6, 6.07) is 0. The first-order chi connectivity index (χ1) is 5.65. The molecule has 0 N–H and O–H groups in total. The van der Waals surface area contributed by atoms with Crippen molar-refractivity contribution >= 4 is 0 Å². The van der Waals surface area contributed by atoms with E-state index in [4.69, 9.17) is 0 Å². The van der Waals surface area contributed by atoms with Crippen LogP contribution in [0, 0.1) is 13.8 Å². The third-order valence-corrected chi connectivity index (χ3v) is 2.19. The van der Waals surface area contributed by atoms with Crippen LogP contribution in [-0.4, -0.2) is 9.97 Å². The maximum absolute atomic E-state index is 4.48. The second-order valence-electron chi connectivity index (χ2n) is 3.29. The largest absolute Gasteiger partial charge is 0.258 e. The van der Waals surface area contributed by atoms with E-state index in [2.05, 4.69) is 23.8 Å². The Morgan fingerprint density at radius 3 is 2.67 bits per heavy atom. The molecule has 0 fully saturated rings. The van der Waals surface area contributed by atoms with Crippen LogP contribution < -0.4 is 0 Å². The number of hydrogen-bond donors (Lipinski definition) is 0. The topological polar surface area (TPSA) is 25.8 Å². The minimum absolute atomic E-state index is 0.525. The van der Waals surface area contributed by atoms with Crippen LogP contribution in [0.15, 0.2) is 6.20 Å². The van der Waals surface area contributed by atoms with E-state index >= 15 is 0 Å². The Morgan fingerprint density at radius 2 is 2.08 bits per heavy atom. The molecule has 0 aliphatic carbocycles. The van der Waals surface area contributed by atoms with Crippen LogP contribution in [0.5, 0.6) is 0 Å². The van der Waals surface area contributed by atoms with Crippen LogP contribution in [0.2, 0.25) is 0 Å². The quantitative estimate of drug-likeness (QED) is 0.671. The number of aromatic nitrogens is 2. The second-order valence-corrected chi connectivity index (χ2v) is 3.29. The molecule has 0 aliphatic heterocycles. The molecule has 1 atom stereocenters. The molecule has 0 spiro atoms. The van der Waals surface area contributed by atoms with Gasteiger partial charge in [-0.25, -0.2) is 0 Å². The summed E-state index contributed by atoms with van der Waals surface area (Å²) < 4.78 is 0. The maximum atomic E-state index is 4.48. The predicted molar refractivity (Wildman–Crippen MR) is 50.2 cm³/mol. The molecule has 1 heterocycles. The van der Waals surface area contributed by atoms with Crippen LogP contribution in [0.25, 0.3) is 0 Å². The zero-order chi connectivity index (χ0) is 9.14. The maximum Gasteiger partial charge on any atom is 0.0647 e. The van der Waals surface area contributed by atoms with Gasteiger partial charge in [0.05, 0.1) is 17.1 Å². The van der Waals surface area contributed by atoms with Crippen molar-refractivity contribution in [3.05, 3.63) is 23.3 Å². The summed E-state index contributed by atoms with van der Waals surface area (Å²) >= 11 is 0. The highest BCUT2D eigenvalue weighted by atomic mass is 14.8. The number of hydrogen-bond acceptors (Lipinski definition) is 2. The van der Waals surface area contributed by atoms with E-state index in [0.717, 1.165) is 23.5 Å². The van der Waals surface area contributed by atoms with Gasteiger partial charge in [0.2, 0.25) is 0 Å². The molecule has 1 aromatic rings. The molecule has 1 unspecified atom stereocenters. The van der Waals surface area contributed by atoms with Crippen molar-refractivity contribution in [3.63, 3.8) is 0 Å². The molecule has 0 radical (unpaired) electrons. The van der Waals surface area contributed by atoms with Gasteiger partial charge in [-0.05, 0) is 26.2 Å². The van der Waals surface area contributed by atoms with Crippen molar-refractivity contribution in [3.8, 4) is 0 Å². The van der Waals surface area contributed by atoms with E-state index in [9.17, 15) is 0 Å². The minimum atomic E-state index is 0.525. The Bertz CT molecular complexity index is 269. The fourth-order valence-corrected chi connectivity index (χ4v) is 1.22. The zero-order valence-electron chi connectivity index (χ0n) is 8.26. The summed E-state index contributed by atoms with van der Waals surface area (Å²) in [5.74, 6) is 0.525. The third kappa shape index (κ3) is 1.81. The van der Waals surface area contributed by atoms with Gasteiger partial charge in [0.15, 0.2) is 0 Å². The van der Waals surface area contributed by atoms with Crippen molar-refractivity contribution < 1.29 is 0 Å². The molecule has 0 saturated heterocycles. The molecule has 0 aromatic carbocycles. The van der Waals surface area contributed by atoms with Gasteiger partial charge >= 0.3 is 0 Å². The summed E-state index contributed by atoms with van der Waals surface area (Å²) in [5.41, 5.74) is 3.23. The molecule has 1 aromatic heterocycles. The van der Waals surface area contributed by atoms with Crippen LogP contribution >= 0.6 is 0 Å². The molecule has 0 bridgehead atoms. The molecular weight excluding hydrogens is 148 g/mol. The number of rotatable bonds is 2. The van der Waals surface area contributed by atoms with Crippen LogP contribution in [-0.2, 0) is 0 Å². The minimum Gasteiger partial charge on any atom is -0.258 e. The zero-order valence-corrected chi connectivity index (χ0v) is 8.26. The van der Waals surface area contributed by atoms with Crippen LogP contribution in [0.1, 0.15) is 43.3 Å². The summed E-state index contributed by atoms with van der Waals surface area (Å²) in [7, 11) is 0. The van der Waals surface area contributed by atoms with E-state index in [1.54, 1.807) is 0 Å². The third-order valence-electron chi connectivity index (χ3n) is 2.19. The molecule has 2 heteroatoms. The Hall–Kier alpha value is -0.920. The first-order valence-corrected chi connectivity index (χ1v) is 4.45. The van der Waals surface area contributed by atoms with Gasteiger partial charge < -0.3 is 0 Å². The van der Waals surface area contributed by atoms with Crippen molar-refractivity contribution in [2.75, 3.05) is 0 Å². The first-order valence-electron chi connectivity index (χ1n) is 4.45. The van der Waals surface area contributed by atoms with E-state index in [0.29, 0.717) is 5.92 Å². The Labute approximate surface area is 74.1 Å². The fraction of sp³-hybridized carbons (Fsp3) is 0.600. The monoisotopic (exact) mass is 164 g/mol. The predicted octanol–water partition coefficient (Wildman–Crippen LogP) is 2.61. The van der Waals surface area contributed by atoms with Gasteiger partial charge in [0.25, 0.3) is 0 Å². The number of aryl methyl sites for hydroxylation is 2. The van der Waals surface area contributed by atoms with Crippen molar-refractivity contribution in [2.24, 2.45) is 0 Å².